The molecule has 0 aromatic heterocycles. The molecule has 1 saturated carbocycles. The van der Waals surface area contributed by atoms with Crippen LogP contribution in [0.2, 0.25) is 0 Å². The van der Waals surface area contributed by atoms with E-state index in [9.17, 15) is 0 Å². The van der Waals surface area contributed by atoms with Gasteiger partial charge in [-0.25, -0.2) is 0 Å². The first-order chi connectivity index (χ1) is 4.55. The Morgan fingerprint density at radius 1 is 0.429 bits per heavy atom. The molecule has 0 saturated heterocycles. The maximum absolute atomic E-state index is 2.20. The van der Waals surface area contributed by atoms with Crippen LogP contribution in [0.4, 0.5) is 0 Å². The minimum Gasteiger partial charge on any atom is -0.358 e. The van der Waals surface area contributed by atoms with E-state index in [1.807, 2.05) is 0 Å². The van der Waals surface area contributed by atoms with Gasteiger partial charge in [0.2, 0.25) is 0 Å². The molecule has 0 amide bonds. The Kier molecular flexibility index (Phi) is 15.8. The van der Waals surface area contributed by atoms with Crippen molar-refractivity contribution in [1.82, 2.24) is 0 Å². The fraction of sp³-hybridized carbons (Fsp3) is 0.385. The van der Waals surface area contributed by atoms with Crippen molar-refractivity contribution in [2.45, 2.75) is 34.6 Å². The van der Waals surface area contributed by atoms with E-state index in [0.717, 1.165) is 0 Å². The van der Waals surface area contributed by atoms with Gasteiger partial charge in [-0.2, -0.15) is 0 Å². The van der Waals surface area contributed by atoms with Gasteiger partial charge < -0.3 is 22.3 Å². The molecule has 1 fully saturated rings. The van der Waals surface area contributed by atoms with Crippen molar-refractivity contribution < 1.29 is 25.8 Å². The molecule has 0 spiro atoms. The van der Waals surface area contributed by atoms with Crippen LogP contribution >= 0.6 is 0 Å². The van der Waals surface area contributed by atoms with E-state index in [2.05, 4.69) is 34.6 Å². The molecule has 1 aliphatic rings. The molecule has 0 heterocycles. The minimum absolute atomic E-state index is 0. The first kappa shape index (κ1) is 24.2. The van der Waals surface area contributed by atoms with Crippen molar-refractivity contribution in [3.63, 3.8) is 0 Å². The zero-order chi connectivity index (χ0) is 7.89. The van der Waals surface area contributed by atoms with Crippen molar-refractivity contribution in [2.24, 2.45) is 0 Å². The Bertz CT molecular complexity index is 77.6. The van der Waals surface area contributed by atoms with Gasteiger partial charge in [-0.05, 0) is 29.6 Å². The minimum atomic E-state index is 0. The van der Waals surface area contributed by atoms with Crippen molar-refractivity contribution in [3.05, 3.63) is 51.9 Å². The van der Waals surface area contributed by atoms with Gasteiger partial charge in [0.1, 0.15) is 0 Å². The molecule has 0 aromatic rings. The molecule has 0 atom stereocenters. The normalized spacial score (nSPS) is 20.4. The summed E-state index contributed by atoms with van der Waals surface area (Å²) >= 11 is 0. The van der Waals surface area contributed by atoms with Crippen molar-refractivity contribution >= 4 is 0 Å². The van der Waals surface area contributed by atoms with Crippen LogP contribution in [0.1, 0.15) is 34.6 Å². The summed E-state index contributed by atoms with van der Waals surface area (Å²) in [6.45, 7) is 11.0. The predicted molar refractivity (Wildman–Crippen MR) is 63.8 cm³/mol. The largest absolute Gasteiger partial charge is 4.00 e. The summed E-state index contributed by atoms with van der Waals surface area (Å²) in [5.74, 6) is 7.34. The fourth-order valence-electron chi connectivity index (χ4n) is 1.41. The molecule has 0 unspecified atom stereocenters. The van der Waals surface area contributed by atoms with Crippen LogP contribution in [0.15, 0.2) is 0 Å². The van der Waals surface area contributed by atoms with E-state index >= 15 is 0 Å². The molecule has 5 radical (unpaired) electrons. The van der Waals surface area contributed by atoms with E-state index in [1.54, 1.807) is 0 Å². The molecular formula is C13H24Hf+. The van der Waals surface area contributed by atoms with Gasteiger partial charge in [0.15, 0.2) is 0 Å². The fourth-order valence-corrected chi connectivity index (χ4v) is 1.41. The van der Waals surface area contributed by atoms with Gasteiger partial charge in [-0.15, -0.1) is 0 Å². The third-order valence-electron chi connectivity index (χ3n) is 2.81. The van der Waals surface area contributed by atoms with Gasteiger partial charge in [-0.3, -0.25) is 0 Å². The zero-order valence-electron chi connectivity index (χ0n) is 11.0. The first-order valence-corrected chi connectivity index (χ1v) is 3.75. The summed E-state index contributed by atoms with van der Waals surface area (Å²) in [6.07, 6.45) is 0. The quantitative estimate of drug-likeness (QED) is 0.447. The summed E-state index contributed by atoms with van der Waals surface area (Å²) in [4.78, 5) is 0. The van der Waals surface area contributed by atoms with Crippen molar-refractivity contribution in [3.8, 4) is 0 Å². The van der Waals surface area contributed by atoms with Crippen LogP contribution < -0.4 is 0 Å². The molecule has 1 heteroatoms. The van der Waals surface area contributed by atoms with E-state index < -0.39 is 0 Å². The number of hydrogen-bond acceptors (Lipinski definition) is 0. The number of rotatable bonds is 0. The van der Waals surface area contributed by atoms with Crippen LogP contribution in [0.5, 0.6) is 0 Å². The molecule has 0 N–H and O–H groups in total. The van der Waals surface area contributed by atoms with Crippen LogP contribution in [-0.4, -0.2) is 0 Å². The van der Waals surface area contributed by atoms with E-state index in [4.69, 9.17) is 0 Å². The Labute approximate surface area is 112 Å². The monoisotopic (exact) mass is 360 g/mol. The van der Waals surface area contributed by atoms with E-state index in [0.29, 0.717) is 0 Å². The Hall–Kier alpha value is 0.870. The Morgan fingerprint density at radius 2 is 0.500 bits per heavy atom. The maximum atomic E-state index is 2.20. The van der Waals surface area contributed by atoms with Crippen molar-refractivity contribution in [1.29, 1.82) is 0 Å². The van der Waals surface area contributed by atoms with Crippen LogP contribution in [-0.2, 0) is 25.8 Å². The summed E-state index contributed by atoms with van der Waals surface area (Å²) in [5, 5.41) is 0. The summed E-state index contributed by atoms with van der Waals surface area (Å²) in [6, 6.07) is 0. The first-order valence-electron chi connectivity index (χ1n) is 3.75. The van der Waals surface area contributed by atoms with Gasteiger partial charge in [0, 0.05) is 0 Å². The third kappa shape index (κ3) is 4.16. The average Bonchev–Trinajstić information content (AvgIpc) is 2.07. The molecule has 0 aliphatic heterocycles. The molecule has 1 rings (SSSR count). The molecule has 0 aromatic carbocycles. The van der Waals surface area contributed by atoms with E-state index in [1.165, 1.54) is 29.6 Å². The summed E-state index contributed by atoms with van der Waals surface area (Å²) < 4.78 is 0. The summed E-state index contributed by atoms with van der Waals surface area (Å²) in [5.41, 5.74) is 0. The topological polar surface area (TPSA) is 0 Å². The van der Waals surface area contributed by atoms with Crippen LogP contribution in [0.25, 0.3) is 0 Å². The number of hydrogen-bond donors (Lipinski definition) is 0. The predicted octanol–water partition coefficient (Wildman–Crippen LogP) is 4.32. The summed E-state index contributed by atoms with van der Waals surface area (Å²) in [7, 11) is 0. The van der Waals surface area contributed by atoms with E-state index in [-0.39, 0.29) is 48.1 Å². The Morgan fingerprint density at radius 3 is 0.571 bits per heavy atom. The van der Waals surface area contributed by atoms with Gasteiger partial charge in [0.25, 0.3) is 0 Å². The van der Waals surface area contributed by atoms with Crippen molar-refractivity contribution in [2.75, 3.05) is 0 Å². The Balaban J connectivity index is -0.000000125. The van der Waals surface area contributed by atoms with Gasteiger partial charge in [0.05, 0.1) is 0 Å². The second-order valence-corrected chi connectivity index (χ2v) is 3.12. The second-order valence-electron chi connectivity index (χ2n) is 3.12. The SMILES string of the molecule is C[C]1[C](C)[C](C)[C](C)[C]1C.[CH3-].[CH3-].[CH3-].[Hf+4]. The zero-order valence-corrected chi connectivity index (χ0v) is 14.6. The molecular weight excluding hydrogens is 335 g/mol. The molecule has 14 heavy (non-hydrogen) atoms. The van der Waals surface area contributed by atoms with Gasteiger partial charge in [-0.1, -0.05) is 34.6 Å². The molecule has 79 valence electrons. The molecule has 1 aliphatic carbocycles. The average molecular weight is 359 g/mol. The molecule has 0 bridgehead atoms. The van der Waals surface area contributed by atoms with Crippen LogP contribution in [0.3, 0.4) is 0 Å². The molecule has 0 nitrogen and oxygen atoms in total. The van der Waals surface area contributed by atoms with Gasteiger partial charge >= 0.3 is 25.8 Å². The maximum Gasteiger partial charge on any atom is 4.00 e. The third-order valence-corrected chi connectivity index (χ3v) is 2.81. The van der Waals surface area contributed by atoms with Crippen LogP contribution in [0, 0.1) is 51.9 Å². The standard InChI is InChI=1S/C10H15.3CH3.Hf/c1-6-7(2)9(4)10(5)8(6)3;;;;/h1-5H3;3*1H3;/q;3*-1;+4. The second kappa shape index (κ2) is 9.12. The smallest absolute Gasteiger partial charge is 0.358 e.